The van der Waals surface area contributed by atoms with Crippen LogP contribution in [-0.2, 0) is 0 Å². The Morgan fingerprint density at radius 1 is 1.14 bits per heavy atom. The third-order valence-corrected chi connectivity index (χ3v) is 3.32. The number of aliphatic hydroxyl groups excluding tert-OH is 1. The van der Waals surface area contributed by atoms with Gasteiger partial charge in [-0.3, -0.25) is 4.79 Å². The van der Waals surface area contributed by atoms with Gasteiger partial charge in [-0.25, -0.2) is 0 Å². The summed E-state index contributed by atoms with van der Waals surface area (Å²) in [6, 6.07) is 13.9. The molecule has 1 atom stereocenters. The van der Waals surface area contributed by atoms with Gasteiger partial charge in [0.05, 0.1) is 12.6 Å². The maximum atomic E-state index is 12.3. The molecule has 0 spiro atoms. The topological polar surface area (TPSA) is 67.8 Å². The molecule has 0 saturated carbocycles. The number of nitrogens with one attached hydrogen (secondary N) is 1. The first-order chi connectivity index (χ1) is 10.3. The van der Waals surface area contributed by atoms with Gasteiger partial charge in [0.15, 0.2) is 11.5 Å². The zero-order valence-corrected chi connectivity index (χ0v) is 11.3. The normalized spacial score (nSPS) is 13.8. The smallest absolute Gasteiger partial charge is 0.251 e. The minimum atomic E-state index is -0.441. The van der Waals surface area contributed by atoms with Crippen molar-refractivity contribution < 1.29 is 19.4 Å². The second-order valence-corrected chi connectivity index (χ2v) is 4.69. The Labute approximate surface area is 122 Å². The number of fused-ring (bicyclic) bond motifs is 1. The highest BCUT2D eigenvalue weighted by Crippen LogP contribution is 2.32. The van der Waals surface area contributed by atoms with Crippen LogP contribution in [0.1, 0.15) is 22.0 Å². The van der Waals surface area contributed by atoms with E-state index in [0.717, 1.165) is 5.56 Å². The molecule has 0 bridgehead atoms. The number of benzene rings is 2. The molecular formula is C16H15NO4. The zero-order valence-electron chi connectivity index (χ0n) is 11.3. The van der Waals surface area contributed by atoms with Crippen molar-refractivity contribution in [1.82, 2.24) is 5.32 Å². The van der Waals surface area contributed by atoms with E-state index in [9.17, 15) is 9.90 Å². The Hall–Kier alpha value is -2.53. The van der Waals surface area contributed by atoms with E-state index in [1.165, 1.54) is 0 Å². The second kappa shape index (κ2) is 5.85. The molecule has 2 aromatic carbocycles. The van der Waals surface area contributed by atoms with E-state index in [0.29, 0.717) is 17.1 Å². The van der Waals surface area contributed by atoms with Gasteiger partial charge < -0.3 is 19.9 Å². The molecular weight excluding hydrogens is 270 g/mol. The maximum absolute atomic E-state index is 12.3. The van der Waals surface area contributed by atoms with E-state index >= 15 is 0 Å². The average Bonchev–Trinajstić information content (AvgIpc) is 3.00. The molecule has 2 aromatic rings. The molecule has 1 aliphatic rings. The van der Waals surface area contributed by atoms with Crippen LogP contribution in [-0.4, -0.2) is 24.4 Å². The lowest BCUT2D eigenvalue weighted by Gasteiger charge is -2.16. The summed E-state index contributed by atoms with van der Waals surface area (Å²) in [5.74, 6) is 0.924. The highest BCUT2D eigenvalue weighted by Gasteiger charge is 2.18. The lowest BCUT2D eigenvalue weighted by atomic mass is 10.1. The fourth-order valence-corrected chi connectivity index (χ4v) is 2.20. The summed E-state index contributed by atoms with van der Waals surface area (Å²) >= 11 is 0. The molecule has 108 valence electrons. The average molecular weight is 285 g/mol. The van der Waals surface area contributed by atoms with E-state index in [-0.39, 0.29) is 19.3 Å². The van der Waals surface area contributed by atoms with Crippen molar-refractivity contribution in [2.45, 2.75) is 6.04 Å². The number of carbonyl (C=O) groups excluding carboxylic acids is 1. The summed E-state index contributed by atoms with van der Waals surface area (Å²) < 4.78 is 10.5. The molecule has 0 unspecified atom stereocenters. The fourth-order valence-electron chi connectivity index (χ4n) is 2.20. The first-order valence-electron chi connectivity index (χ1n) is 6.64. The van der Waals surface area contributed by atoms with Crippen LogP contribution in [0.5, 0.6) is 11.5 Å². The zero-order chi connectivity index (χ0) is 14.7. The molecule has 1 heterocycles. The van der Waals surface area contributed by atoms with Crippen molar-refractivity contribution in [2.75, 3.05) is 13.4 Å². The fraction of sp³-hybridized carbons (Fsp3) is 0.188. The minimum absolute atomic E-state index is 0.166. The lowest BCUT2D eigenvalue weighted by molar-refractivity contribution is 0.0915. The van der Waals surface area contributed by atoms with Crippen LogP contribution in [0.2, 0.25) is 0 Å². The van der Waals surface area contributed by atoms with Crippen LogP contribution >= 0.6 is 0 Å². The molecule has 2 N–H and O–H groups in total. The van der Waals surface area contributed by atoms with Gasteiger partial charge in [0, 0.05) is 5.56 Å². The lowest BCUT2D eigenvalue weighted by Crippen LogP contribution is -2.30. The summed E-state index contributed by atoms with van der Waals surface area (Å²) in [5, 5.41) is 12.3. The molecule has 1 aliphatic heterocycles. The number of aliphatic hydroxyl groups is 1. The molecule has 21 heavy (non-hydrogen) atoms. The van der Waals surface area contributed by atoms with Gasteiger partial charge in [0.25, 0.3) is 5.91 Å². The van der Waals surface area contributed by atoms with E-state index < -0.39 is 6.04 Å². The van der Waals surface area contributed by atoms with Crippen molar-refractivity contribution in [3.8, 4) is 11.5 Å². The first-order valence-corrected chi connectivity index (χ1v) is 6.64. The molecule has 0 radical (unpaired) electrons. The number of hydrogen-bond acceptors (Lipinski definition) is 4. The third-order valence-electron chi connectivity index (χ3n) is 3.32. The van der Waals surface area contributed by atoms with E-state index in [1.54, 1.807) is 18.2 Å². The summed E-state index contributed by atoms with van der Waals surface area (Å²) in [5.41, 5.74) is 1.32. The van der Waals surface area contributed by atoms with Gasteiger partial charge in [-0.2, -0.15) is 0 Å². The molecule has 0 aromatic heterocycles. The highest BCUT2D eigenvalue weighted by atomic mass is 16.7. The standard InChI is InChI=1S/C16H15NO4/c18-9-13(11-4-2-1-3-5-11)17-16(19)12-6-7-14-15(8-12)21-10-20-14/h1-8,13,18H,9-10H2,(H,17,19)/t13-/m1/s1. The summed E-state index contributed by atoms with van der Waals surface area (Å²) in [6.07, 6.45) is 0. The van der Waals surface area contributed by atoms with Crippen molar-refractivity contribution >= 4 is 5.91 Å². The number of amides is 1. The van der Waals surface area contributed by atoms with Crippen LogP contribution in [0.15, 0.2) is 48.5 Å². The van der Waals surface area contributed by atoms with Gasteiger partial charge in [0.1, 0.15) is 0 Å². The summed E-state index contributed by atoms with van der Waals surface area (Å²) in [6.45, 7) is 0.00396. The van der Waals surface area contributed by atoms with Gasteiger partial charge in [-0.05, 0) is 23.8 Å². The first kappa shape index (κ1) is 13.5. The van der Waals surface area contributed by atoms with Crippen LogP contribution in [0.4, 0.5) is 0 Å². The highest BCUT2D eigenvalue weighted by molar-refractivity contribution is 5.95. The molecule has 0 saturated heterocycles. The SMILES string of the molecule is O=C(N[C@H](CO)c1ccccc1)c1ccc2c(c1)OCO2. The molecule has 3 rings (SSSR count). The Morgan fingerprint density at radius 3 is 2.67 bits per heavy atom. The Bertz CT molecular complexity index is 642. The number of hydrogen-bond donors (Lipinski definition) is 2. The molecule has 5 nitrogen and oxygen atoms in total. The predicted molar refractivity (Wildman–Crippen MR) is 76.3 cm³/mol. The molecule has 1 amide bonds. The summed E-state index contributed by atoms with van der Waals surface area (Å²) in [4.78, 5) is 12.3. The van der Waals surface area contributed by atoms with Crippen LogP contribution in [0, 0.1) is 0 Å². The minimum Gasteiger partial charge on any atom is -0.454 e. The number of ether oxygens (including phenoxy) is 2. The number of rotatable bonds is 4. The van der Waals surface area contributed by atoms with E-state index in [2.05, 4.69) is 5.32 Å². The molecule has 5 heteroatoms. The largest absolute Gasteiger partial charge is 0.454 e. The second-order valence-electron chi connectivity index (χ2n) is 4.69. The van der Waals surface area contributed by atoms with Gasteiger partial charge in [0.2, 0.25) is 6.79 Å². The van der Waals surface area contributed by atoms with Crippen molar-refractivity contribution in [3.63, 3.8) is 0 Å². The van der Waals surface area contributed by atoms with Crippen molar-refractivity contribution in [1.29, 1.82) is 0 Å². The quantitative estimate of drug-likeness (QED) is 0.900. The van der Waals surface area contributed by atoms with Crippen molar-refractivity contribution in [3.05, 3.63) is 59.7 Å². The van der Waals surface area contributed by atoms with Crippen molar-refractivity contribution in [2.24, 2.45) is 0 Å². The Morgan fingerprint density at radius 2 is 1.90 bits per heavy atom. The predicted octanol–water partition coefficient (Wildman–Crippen LogP) is 1.88. The molecule has 0 aliphatic carbocycles. The van der Waals surface area contributed by atoms with E-state index in [4.69, 9.17) is 9.47 Å². The maximum Gasteiger partial charge on any atom is 0.251 e. The van der Waals surface area contributed by atoms with Crippen LogP contribution in [0.25, 0.3) is 0 Å². The number of carbonyl (C=O) groups is 1. The van der Waals surface area contributed by atoms with Gasteiger partial charge >= 0.3 is 0 Å². The van der Waals surface area contributed by atoms with Gasteiger partial charge in [-0.1, -0.05) is 30.3 Å². The monoisotopic (exact) mass is 285 g/mol. The Kier molecular flexibility index (Phi) is 3.75. The summed E-state index contributed by atoms with van der Waals surface area (Å²) in [7, 11) is 0. The van der Waals surface area contributed by atoms with E-state index in [1.807, 2.05) is 30.3 Å². The van der Waals surface area contributed by atoms with Crippen LogP contribution < -0.4 is 14.8 Å². The van der Waals surface area contributed by atoms with Crippen LogP contribution in [0.3, 0.4) is 0 Å². The molecule has 0 fully saturated rings. The van der Waals surface area contributed by atoms with Gasteiger partial charge in [-0.15, -0.1) is 0 Å². The Balaban J connectivity index is 1.76. The third kappa shape index (κ3) is 2.83.